The van der Waals surface area contributed by atoms with Gasteiger partial charge in [0.1, 0.15) is 34.5 Å². The van der Waals surface area contributed by atoms with Gasteiger partial charge < -0.3 is 34.3 Å². The Morgan fingerprint density at radius 2 is 1.40 bits per heavy atom. The summed E-state index contributed by atoms with van der Waals surface area (Å²) in [4.78, 5) is 37.3. The molecule has 35 heavy (non-hydrogen) atoms. The van der Waals surface area contributed by atoms with Crippen molar-refractivity contribution in [1.29, 1.82) is 0 Å². The van der Waals surface area contributed by atoms with E-state index in [9.17, 15) is 18.8 Å². The second-order valence-corrected chi connectivity index (χ2v) is 9.66. The molecule has 0 aromatic heterocycles. The number of halogens is 1. The first-order valence-electron chi connectivity index (χ1n) is 11.0. The topological polar surface area (TPSA) is 121 Å². The SMILES string of the molecule is COc1cc(OC)c(CNC(=O)[C@@H]([18F])C[C@@H](NC(=O)OC(C)(C)C)C(=O)OC(C)(C)C)c(OC)c1. The van der Waals surface area contributed by atoms with Crippen LogP contribution in [0, 0.1) is 0 Å². The van der Waals surface area contributed by atoms with Gasteiger partial charge in [-0.15, -0.1) is 0 Å². The molecule has 0 aliphatic heterocycles. The lowest BCUT2D eigenvalue weighted by Crippen LogP contribution is -2.48. The van der Waals surface area contributed by atoms with E-state index in [0.717, 1.165) is 0 Å². The minimum absolute atomic E-state index is 0.119. The van der Waals surface area contributed by atoms with E-state index in [-0.39, 0.29) is 6.54 Å². The molecule has 0 aliphatic carbocycles. The highest BCUT2D eigenvalue weighted by Crippen LogP contribution is 2.34. The smallest absolute Gasteiger partial charge is 0.408 e. The van der Waals surface area contributed by atoms with Crippen molar-refractivity contribution in [2.75, 3.05) is 21.3 Å². The van der Waals surface area contributed by atoms with Crippen LogP contribution in [0.15, 0.2) is 12.1 Å². The number of hydrogen-bond acceptors (Lipinski definition) is 8. The van der Waals surface area contributed by atoms with Gasteiger partial charge in [-0.25, -0.2) is 14.0 Å². The molecule has 10 nitrogen and oxygen atoms in total. The number of methoxy groups -OCH3 is 3. The fourth-order valence-electron chi connectivity index (χ4n) is 2.89. The van der Waals surface area contributed by atoms with Gasteiger partial charge in [0.25, 0.3) is 5.91 Å². The van der Waals surface area contributed by atoms with E-state index in [1.54, 1.807) is 53.7 Å². The zero-order valence-electron chi connectivity index (χ0n) is 21.9. The van der Waals surface area contributed by atoms with Crippen LogP contribution in [-0.2, 0) is 25.6 Å². The Bertz CT molecular complexity index is 867. The second-order valence-electron chi connectivity index (χ2n) is 9.66. The summed E-state index contributed by atoms with van der Waals surface area (Å²) in [6.07, 6.45) is -3.73. The first-order valence-corrected chi connectivity index (χ1v) is 11.0. The fraction of sp³-hybridized carbons (Fsp3) is 0.625. The van der Waals surface area contributed by atoms with Crippen LogP contribution in [-0.4, -0.2) is 62.7 Å². The Labute approximate surface area is 205 Å². The van der Waals surface area contributed by atoms with E-state index < -0.39 is 47.8 Å². The lowest BCUT2D eigenvalue weighted by molar-refractivity contribution is -0.158. The molecule has 2 atom stereocenters. The van der Waals surface area contributed by atoms with Crippen LogP contribution in [0.5, 0.6) is 17.2 Å². The highest BCUT2D eigenvalue weighted by atomic mass is 18.2. The van der Waals surface area contributed by atoms with Crippen LogP contribution >= 0.6 is 0 Å². The van der Waals surface area contributed by atoms with Gasteiger partial charge in [0.2, 0.25) is 0 Å². The first kappa shape index (κ1) is 29.8. The summed E-state index contributed by atoms with van der Waals surface area (Å²) in [5, 5.41) is 4.75. The predicted molar refractivity (Wildman–Crippen MR) is 126 cm³/mol. The number of carbonyl (C=O) groups is 3. The summed E-state index contributed by atoms with van der Waals surface area (Å²) < 4.78 is 41.2. The summed E-state index contributed by atoms with van der Waals surface area (Å²) in [5.41, 5.74) is -1.27. The van der Waals surface area contributed by atoms with Crippen LogP contribution in [0.2, 0.25) is 0 Å². The number of alkyl carbamates (subject to hydrolysis) is 1. The molecule has 0 aliphatic rings. The molecule has 2 N–H and O–H groups in total. The quantitative estimate of drug-likeness (QED) is 0.471. The molecular weight excluding hydrogens is 462 g/mol. The summed E-state index contributed by atoms with van der Waals surface area (Å²) in [6, 6.07) is 1.75. The third kappa shape index (κ3) is 10.3. The molecule has 11 heteroatoms. The fourth-order valence-corrected chi connectivity index (χ4v) is 2.89. The number of alkyl halides is 1. The van der Waals surface area contributed by atoms with Crippen LogP contribution in [0.4, 0.5) is 9.18 Å². The zero-order valence-corrected chi connectivity index (χ0v) is 21.9. The molecule has 0 bridgehead atoms. The summed E-state index contributed by atoms with van der Waals surface area (Å²) in [7, 11) is 4.35. The van der Waals surface area contributed by atoms with Gasteiger partial charge in [0, 0.05) is 18.6 Å². The van der Waals surface area contributed by atoms with Gasteiger partial charge in [-0.3, -0.25) is 4.79 Å². The van der Waals surface area contributed by atoms with E-state index in [0.29, 0.717) is 22.8 Å². The zero-order chi connectivity index (χ0) is 27.0. The molecular formula is C24H37FN2O8. The minimum atomic E-state index is -2.14. The monoisotopic (exact) mass is 499 g/mol. The maximum Gasteiger partial charge on any atom is 0.408 e. The number of amides is 2. The predicted octanol–water partition coefficient (Wildman–Crippen LogP) is 3.29. The normalized spacial score (nSPS) is 13.2. The number of carbonyl (C=O) groups excluding carboxylic acids is 3. The highest BCUT2D eigenvalue weighted by molar-refractivity contribution is 5.85. The number of esters is 1. The average Bonchev–Trinajstić information content (AvgIpc) is 2.73. The van der Waals surface area contributed by atoms with Gasteiger partial charge in [-0.1, -0.05) is 0 Å². The summed E-state index contributed by atoms with van der Waals surface area (Å²) in [6.45, 7) is 9.69. The molecule has 0 heterocycles. The van der Waals surface area contributed by atoms with Gasteiger partial charge in [0.15, 0.2) is 6.17 Å². The third-order valence-electron chi connectivity index (χ3n) is 4.37. The Balaban J connectivity index is 2.97. The molecule has 0 radical (unpaired) electrons. The Hall–Kier alpha value is -3.24. The molecule has 0 spiro atoms. The van der Waals surface area contributed by atoms with Crippen LogP contribution in [0.1, 0.15) is 53.5 Å². The lowest BCUT2D eigenvalue weighted by Gasteiger charge is -2.26. The second kappa shape index (κ2) is 12.5. The molecule has 2 amide bonds. The van der Waals surface area contributed by atoms with Crippen molar-refractivity contribution in [1.82, 2.24) is 10.6 Å². The van der Waals surface area contributed by atoms with E-state index in [1.165, 1.54) is 21.3 Å². The minimum Gasteiger partial charge on any atom is -0.496 e. The van der Waals surface area contributed by atoms with Crippen LogP contribution in [0.3, 0.4) is 0 Å². The number of nitrogens with one attached hydrogen (secondary N) is 2. The van der Waals surface area contributed by atoms with Gasteiger partial charge in [-0.2, -0.15) is 0 Å². The van der Waals surface area contributed by atoms with Gasteiger partial charge in [-0.05, 0) is 41.5 Å². The molecule has 0 fully saturated rings. The largest absolute Gasteiger partial charge is 0.496 e. The highest BCUT2D eigenvalue weighted by Gasteiger charge is 2.33. The van der Waals surface area contributed by atoms with Crippen LogP contribution < -0.4 is 24.8 Å². The molecule has 1 aromatic rings. The van der Waals surface area contributed by atoms with Crippen molar-refractivity contribution in [3.63, 3.8) is 0 Å². The lowest BCUT2D eigenvalue weighted by atomic mass is 10.1. The van der Waals surface area contributed by atoms with Crippen molar-refractivity contribution in [2.24, 2.45) is 0 Å². The molecule has 0 unspecified atom stereocenters. The van der Waals surface area contributed by atoms with Crippen molar-refractivity contribution in [3.05, 3.63) is 17.7 Å². The van der Waals surface area contributed by atoms with Crippen LogP contribution in [0.25, 0.3) is 0 Å². The van der Waals surface area contributed by atoms with E-state index in [4.69, 9.17) is 23.7 Å². The van der Waals surface area contributed by atoms with Crippen molar-refractivity contribution < 1.29 is 42.5 Å². The maximum absolute atomic E-state index is 14.9. The van der Waals surface area contributed by atoms with Crippen molar-refractivity contribution >= 4 is 18.0 Å². The van der Waals surface area contributed by atoms with Gasteiger partial charge in [0.05, 0.1) is 33.4 Å². The van der Waals surface area contributed by atoms with Crippen molar-refractivity contribution in [2.45, 2.75) is 77.9 Å². The maximum atomic E-state index is 14.9. The number of benzene rings is 1. The van der Waals surface area contributed by atoms with E-state index in [1.807, 2.05) is 0 Å². The average molecular weight is 500 g/mol. The number of rotatable bonds is 10. The Morgan fingerprint density at radius 1 is 0.886 bits per heavy atom. The first-order chi connectivity index (χ1) is 16.1. The summed E-state index contributed by atoms with van der Waals surface area (Å²) in [5.74, 6) is -0.669. The van der Waals surface area contributed by atoms with Gasteiger partial charge >= 0.3 is 12.1 Å². The Morgan fingerprint density at radius 3 is 1.83 bits per heavy atom. The Kier molecular flexibility index (Phi) is 10.6. The van der Waals surface area contributed by atoms with E-state index >= 15 is 0 Å². The molecule has 0 saturated heterocycles. The molecule has 0 saturated carbocycles. The molecule has 198 valence electrons. The number of ether oxygens (including phenoxy) is 5. The third-order valence-corrected chi connectivity index (χ3v) is 4.37. The standard InChI is InChI=1S/C24H37FN2O8/c1-23(2,3)34-21(29)17(27-22(30)35-24(4,5)6)12-16(25)20(28)26-13-15-18(32-8)10-14(31-7)11-19(15)33-9/h10-11,16-17H,12-13H2,1-9H3,(H,26,28)(H,27,30)/t16-,17+/m0/s1/i25-1. The van der Waals surface area contributed by atoms with E-state index in [2.05, 4.69) is 10.6 Å². The van der Waals surface area contributed by atoms with Crippen molar-refractivity contribution in [3.8, 4) is 17.2 Å². The number of hydrogen-bond donors (Lipinski definition) is 2. The summed E-state index contributed by atoms with van der Waals surface area (Å²) >= 11 is 0. The molecule has 1 aromatic carbocycles. The molecule has 1 rings (SSSR count).